The van der Waals surface area contributed by atoms with Crippen LogP contribution in [0, 0.1) is 5.92 Å². The molecule has 1 aliphatic rings. The van der Waals surface area contributed by atoms with E-state index in [1.165, 1.54) is 7.11 Å². The van der Waals surface area contributed by atoms with E-state index in [1.807, 2.05) is 27.7 Å². The molecule has 0 radical (unpaired) electrons. The van der Waals surface area contributed by atoms with Gasteiger partial charge in [0.1, 0.15) is 5.54 Å². The van der Waals surface area contributed by atoms with Crippen LogP contribution >= 0.6 is 0 Å². The van der Waals surface area contributed by atoms with Gasteiger partial charge in [0.25, 0.3) is 0 Å². The fraction of sp³-hybridized carbons (Fsp3) is 0.818. The highest BCUT2D eigenvalue weighted by Crippen LogP contribution is 2.38. The first kappa shape index (κ1) is 13.9. The summed E-state index contributed by atoms with van der Waals surface area (Å²) in [6.45, 7) is 7.67. The van der Waals surface area contributed by atoms with Crippen molar-refractivity contribution in [1.29, 1.82) is 0 Å². The summed E-state index contributed by atoms with van der Waals surface area (Å²) in [4.78, 5) is 22.5. The SMILES string of the molecule is CC.COC(=O)NC1(C(=O)C(C)C)CC1. The standard InChI is InChI=1S/C9H15NO3.C2H6/c1-6(2)7(11)9(4-5-9)10-8(12)13-3;1-2/h6H,4-5H2,1-3H3,(H,10,12);1-2H3. The molecule has 0 unspecified atom stereocenters. The lowest BCUT2D eigenvalue weighted by Crippen LogP contribution is -2.44. The van der Waals surface area contributed by atoms with Gasteiger partial charge in [-0.25, -0.2) is 4.79 Å². The first-order valence-electron chi connectivity index (χ1n) is 5.42. The fourth-order valence-electron chi connectivity index (χ4n) is 1.36. The molecule has 88 valence electrons. The van der Waals surface area contributed by atoms with Crippen molar-refractivity contribution >= 4 is 11.9 Å². The molecule has 1 amide bonds. The molecular formula is C11H21NO3. The summed E-state index contributed by atoms with van der Waals surface area (Å²) in [5.74, 6) is 0.0533. The van der Waals surface area contributed by atoms with Gasteiger partial charge in [-0.3, -0.25) is 4.79 Å². The third-order valence-electron chi connectivity index (χ3n) is 2.27. The van der Waals surface area contributed by atoms with Crippen molar-refractivity contribution in [3.63, 3.8) is 0 Å². The lowest BCUT2D eigenvalue weighted by atomic mass is 10.0. The second kappa shape index (κ2) is 5.73. The molecule has 0 aromatic rings. The minimum absolute atomic E-state index is 0.0420. The number of carbonyl (C=O) groups excluding carboxylic acids is 2. The molecular weight excluding hydrogens is 194 g/mol. The number of ether oxygens (including phenoxy) is 1. The van der Waals surface area contributed by atoms with Crippen LogP contribution in [0.2, 0.25) is 0 Å². The Kier molecular flexibility index (Phi) is 5.33. The highest BCUT2D eigenvalue weighted by atomic mass is 16.5. The van der Waals surface area contributed by atoms with Gasteiger partial charge in [0, 0.05) is 5.92 Å². The summed E-state index contributed by atoms with van der Waals surface area (Å²) in [5, 5.41) is 2.59. The number of rotatable bonds is 3. The van der Waals surface area contributed by atoms with Gasteiger partial charge in [0.05, 0.1) is 7.11 Å². The summed E-state index contributed by atoms with van der Waals surface area (Å²) in [6.07, 6.45) is 0.949. The number of nitrogens with one attached hydrogen (secondary N) is 1. The van der Waals surface area contributed by atoms with Crippen molar-refractivity contribution in [3.05, 3.63) is 0 Å². The smallest absolute Gasteiger partial charge is 0.407 e. The molecule has 15 heavy (non-hydrogen) atoms. The summed E-state index contributed by atoms with van der Waals surface area (Å²) in [5.41, 5.74) is -0.610. The van der Waals surface area contributed by atoms with Crippen molar-refractivity contribution in [3.8, 4) is 0 Å². The van der Waals surface area contributed by atoms with E-state index in [4.69, 9.17) is 0 Å². The van der Waals surface area contributed by atoms with Crippen molar-refractivity contribution < 1.29 is 14.3 Å². The highest BCUT2D eigenvalue weighted by Gasteiger charge is 2.51. The van der Waals surface area contributed by atoms with E-state index < -0.39 is 11.6 Å². The fourth-order valence-corrected chi connectivity index (χ4v) is 1.36. The van der Waals surface area contributed by atoms with Crippen LogP contribution in [0.3, 0.4) is 0 Å². The molecule has 1 aliphatic carbocycles. The maximum Gasteiger partial charge on any atom is 0.407 e. The number of methoxy groups -OCH3 is 1. The minimum atomic E-state index is -0.610. The van der Waals surface area contributed by atoms with Gasteiger partial charge in [-0.05, 0) is 12.8 Å². The average Bonchev–Trinajstić information content (AvgIpc) is 3.00. The van der Waals surface area contributed by atoms with Gasteiger partial charge >= 0.3 is 6.09 Å². The van der Waals surface area contributed by atoms with E-state index in [2.05, 4.69) is 10.1 Å². The van der Waals surface area contributed by atoms with E-state index in [1.54, 1.807) is 0 Å². The van der Waals surface area contributed by atoms with Crippen LogP contribution < -0.4 is 5.32 Å². The molecule has 0 heterocycles. The van der Waals surface area contributed by atoms with Crippen molar-refractivity contribution in [2.75, 3.05) is 7.11 Å². The Hall–Kier alpha value is -1.06. The first-order chi connectivity index (χ1) is 7.02. The minimum Gasteiger partial charge on any atom is -0.453 e. The van der Waals surface area contributed by atoms with Gasteiger partial charge in [0.15, 0.2) is 5.78 Å². The van der Waals surface area contributed by atoms with Crippen LogP contribution in [-0.2, 0) is 9.53 Å². The van der Waals surface area contributed by atoms with Crippen LogP contribution in [0.5, 0.6) is 0 Å². The van der Waals surface area contributed by atoms with Gasteiger partial charge in [-0.15, -0.1) is 0 Å². The monoisotopic (exact) mass is 215 g/mol. The second-order valence-corrected chi connectivity index (χ2v) is 3.72. The third kappa shape index (κ3) is 3.53. The van der Waals surface area contributed by atoms with E-state index in [0.717, 1.165) is 12.8 Å². The second-order valence-electron chi connectivity index (χ2n) is 3.72. The number of carbonyl (C=O) groups is 2. The molecule has 1 fully saturated rings. The van der Waals surface area contributed by atoms with E-state index >= 15 is 0 Å². The summed E-state index contributed by atoms with van der Waals surface area (Å²) in [6, 6.07) is 0. The Morgan fingerprint density at radius 3 is 2.00 bits per heavy atom. The van der Waals surface area contributed by atoms with Gasteiger partial charge in [-0.2, -0.15) is 0 Å². The van der Waals surface area contributed by atoms with Crippen molar-refractivity contribution in [2.24, 2.45) is 5.92 Å². The zero-order chi connectivity index (χ0) is 12.1. The van der Waals surface area contributed by atoms with Gasteiger partial charge < -0.3 is 10.1 Å². The Balaban J connectivity index is 0.000000921. The molecule has 4 nitrogen and oxygen atoms in total. The molecule has 0 spiro atoms. The number of hydrogen-bond donors (Lipinski definition) is 1. The molecule has 1 rings (SSSR count). The van der Waals surface area contributed by atoms with Crippen LogP contribution in [0.1, 0.15) is 40.5 Å². The van der Waals surface area contributed by atoms with Crippen molar-refractivity contribution in [2.45, 2.75) is 46.1 Å². The van der Waals surface area contributed by atoms with E-state index in [0.29, 0.717) is 0 Å². The van der Waals surface area contributed by atoms with E-state index in [9.17, 15) is 9.59 Å². The largest absolute Gasteiger partial charge is 0.453 e. The molecule has 0 atom stereocenters. The predicted molar refractivity (Wildman–Crippen MR) is 58.7 cm³/mol. The highest BCUT2D eigenvalue weighted by molar-refractivity contribution is 5.95. The number of hydrogen-bond acceptors (Lipinski definition) is 3. The maximum atomic E-state index is 11.6. The quantitative estimate of drug-likeness (QED) is 0.784. The van der Waals surface area contributed by atoms with Crippen LogP contribution in [-0.4, -0.2) is 24.5 Å². The Morgan fingerprint density at radius 1 is 1.27 bits per heavy atom. The van der Waals surface area contributed by atoms with Gasteiger partial charge in [-0.1, -0.05) is 27.7 Å². The number of ketones is 1. The Labute approximate surface area is 91.4 Å². The van der Waals surface area contributed by atoms with Crippen LogP contribution in [0.4, 0.5) is 4.79 Å². The Morgan fingerprint density at radius 2 is 1.73 bits per heavy atom. The molecule has 1 saturated carbocycles. The lowest BCUT2D eigenvalue weighted by molar-refractivity contribution is -0.124. The first-order valence-corrected chi connectivity index (χ1v) is 5.42. The van der Waals surface area contributed by atoms with Crippen molar-refractivity contribution in [1.82, 2.24) is 5.32 Å². The normalized spacial score (nSPS) is 16.1. The molecule has 1 N–H and O–H groups in total. The van der Waals surface area contributed by atoms with Crippen LogP contribution in [0.15, 0.2) is 0 Å². The number of alkyl carbamates (subject to hydrolysis) is 1. The zero-order valence-electron chi connectivity index (χ0n) is 10.2. The summed E-state index contributed by atoms with van der Waals surface area (Å²) < 4.78 is 4.45. The molecule has 4 heteroatoms. The summed E-state index contributed by atoms with van der Waals surface area (Å²) in [7, 11) is 1.30. The van der Waals surface area contributed by atoms with Crippen LogP contribution in [0.25, 0.3) is 0 Å². The number of Topliss-reactive ketones (excluding diaryl/α,β-unsaturated/α-hetero) is 1. The maximum absolute atomic E-state index is 11.6. The Bertz CT molecular complexity index is 232. The molecule has 0 aromatic heterocycles. The zero-order valence-corrected chi connectivity index (χ0v) is 10.2. The van der Waals surface area contributed by atoms with E-state index in [-0.39, 0.29) is 11.7 Å². The predicted octanol–water partition coefficient (Wildman–Crippen LogP) is 2.13. The van der Waals surface area contributed by atoms with Gasteiger partial charge in [0.2, 0.25) is 0 Å². The lowest BCUT2D eigenvalue weighted by Gasteiger charge is -2.16. The summed E-state index contributed by atoms with van der Waals surface area (Å²) >= 11 is 0. The molecule has 0 aromatic carbocycles. The molecule has 0 saturated heterocycles. The topological polar surface area (TPSA) is 55.4 Å². The molecule has 0 bridgehead atoms. The number of amides is 1. The molecule has 0 aliphatic heterocycles. The average molecular weight is 215 g/mol. The third-order valence-corrected chi connectivity index (χ3v) is 2.27.